The predicted octanol–water partition coefficient (Wildman–Crippen LogP) is 0.628. The first-order valence-corrected chi connectivity index (χ1v) is 3.17. The minimum Gasteiger partial charge on any atom is -0.398 e. The maximum Gasteiger partial charge on any atom is 0.253 e. The monoisotopic (exact) mass is 151 g/mol. The van der Waals surface area contributed by atoms with Gasteiger partial charge in [0.2, 0.25) is 0 Å². The van der Waals surface area contributed by atoms with Crippen LogP contribution in [0.2, 0.25) is 0 Å². The van der Waals surface area contributed by atoms with Crippen LogP contribution >= 0.6 is 0 Å². The molecule has 0 radical (unpaired) electrons. The lowest BCUT2D eigenvalue weighted by Gasteiger charge is -2.01. The molecule has 0 heterocycles. The molecule has 1 aromatic carbocycles. The third-order valence-corrected chi connectivity index (χ3v) is 1.37. The second-order valence-corrected chi connectivity index (χ2v) is 2.09. The van der Waals surface area contributed by atoms with Crippen LogP contribution in [0.5, 0.6) is 0 Å². The Morgan fingerprint density at radius 3 is 3.00 bits per heavy atom. The fraction of sp³-hybridized carbons (Fsp3) is 0.125. The summed E-state index contributed by atoms with van der Waals surface area (Å²) in [4.78, 5) is 11.2. The van der Waals surface area contributed by atoms with E-state index in [-0.39, 0.29) is 12.9 Å². The molecule has 11 heavy (non-hydrogen) atoms. The number of hydrogen-bond donors (Lipinski definition) is 2. The molecular weight excluding hydrogens is 140 g/mol. The van der Waals surface area contributed by atoms with Crippen molar-refractivity contribution in [3.8, 4) is 0 Å². The van der Waals surface area contributed by atoms with Crippen molar-refractivity contribution < 1.29 is 6.17 Å². The highest BCUT2D eigenvalue weighted by Crippen LogP contribution is 2.09. The first kappa shape index (κ1) is 6.22. The molecule has 0 saturated heterocycles. The molecule has 0 aromatic heterocycles. The molecule has 0 unspecified atom stereocenters. The van der Waals surface area contributed by atoms with Gasteiger partial charge in [-0.25, -0.2) is 0 Å². The highest BCUT2D eigenvalue weighted by atomic mass is 16.1. The van der Waals surface area contributed by atoms with E-state index in [0.29, 0.717) is 11.3 Å². The van der Waals surface area contributed by atoms with Crippen LogP contribution in [0.3, 0.4) is 0 Å². The molecule has 0 aliphatic heterocycles. The van der Waals surface area contributed by atoms with Crippen LogP contribution in [-0.4, -0.2) is 12.9 Å². The Balaban J connectivity index is 2.87. The van der Waals surface area contributed by atoms with Crippen LogP contribution in [-0.2, 0) is 0 Å². The van der Waals surface area contributed by atoms with Gasteiger partial charge in [-0.2, -0.15) is 0 Å². The van der Waals surface area contributed by atoms with Crippen molar-refractivity contribution in [1.29, 1.82) is 0 Å². The zero-order valence-corrected chi connectivity index (χ0v) is 6.00. The quantitative estimate of drug-likeness (QED) is 0.578. The van der Waals surface area contributed by atoms with Gasteiger partial charge in [0, 0.05) is 14.1 Å². The van der Waals surface area contributed by atoms with E-state index in [0.717, 1.165) is 0 Å². The summed E-state index contributed by atoms with van der Waals surface area (Å²) in [7, 11) is -0.132. The summed E-state index contributed by atoms with van der Waals surface area (Å²) >= 11 is 0. The Labute approximate surface area is 66.6 Å². The van der Waals surface area contributed by atoms with E-state index in [1.165, 1.54) is 0 Å². The van der Waals surface area contributed by atoms with Crippen molar-refractivity contribution in [2.75, 3.05) is 12.8 Å². The summed E-state index contributed by atoms with van der Waals surface area (Å²) in [5, 5.41) is 2.35. The fourth-order valence-electron chi connectivity index (χ4n) is 0.799. The minimum absolute atomic E-state index is 0.132. The minimum atomic E-state index is -0.303. The number of nitrogen functional groups attached to an aromatic ring is 1. The smallest absolute Gasteiger partial charge is 0.253 e. The molecule has 3 heteroatoms. The topological polar surface area (TPSA) is 55.1 Å². The van der Waals surface area contributed by atoms with Crippen LogP contribution < -0.4 is 11.1 Å². The third kappa shape index (κ3) is 1.49. The van der Waals surface area contributed by atoms with E-state index in [1.807, 2.05) is 0 Å². The summed E-state index contributed by atoms with van der Waals surface area (Å²) in [6.07, 6.45) is 0. The summed E-state index contributed by atoms with van der Waals surface area (Å²) < 4.78 is 6.78. The molecule has 0 fully saturated rings. The van der Waals surface area contributed by atoms with Gasteiger partial charge in [-0.3, -0.25) is 4.79 Å². The molecule has 1 rings (SSSR count). The zero-order valence-electron chi connectivity index (χ0n) is 7.00. The molecule has 3 nitrogen and oxygen atoms in total. The van der Waals surface area contributed by atoms with Gasteiger partial charge < -0.3 is 11.1 Å². The Hall–Kier alpha value is -1.51. The van der Waals surface area contributed by atoms with E-state index in [9.17, 15) is 4.79 Å². The third-order valence-electron chi connectivity index (χ3n) is 1.37. The number of carbonyl (C=O) groups is 1. The predicted molar refractivity (Wildman–Crippen MR) is 44.2 cm³/mol. The normalized spacial score (nSPS) is 10.4. The summed E-state index contributed by atoms with van der Waals surface area (Å²) in [6, 6.07) is 6.77. The van der Waals surface area contributed by atoms with Crippen LogP contribution in [0.4, 0.5) is 5.69 Å². The number of anilines is 1. The number of nitrogens with two attached hydrogens (primary N) is 1. The molecule has 0 saturated carbocycles. The molecule has 1 amide bonds. The van der Waals surface area contributed by atoms with Crippen LogP contribution in [0, 0.1) is 0 Å². The maximum absolute atomic E-state index is 11.2. The van der Waals surface area contributed by atoms with E-state index < -0.39 is 0 Å². The average Bonchev–Trinajstić information content (AvgIpc) is 2.05. The number of benzene rings is 1. The summed E-state index contributed by atoms with van der Waals surface area (Å²) in [6.45, 7) is 0. The van der Waals surface area contributed by atoms with Gasteiger partial charge in [0.05, 0.1) is 5.56 Å². The van der Waals surface area contributed by atoms with E-state index >= 15 is 0 Å². The highest BCUT2D eigenvalue weighted by Gasteiger charge is 2.04. The second-order valence-electron chi connectivity index (χ2n) is 2.09. The molecular formula is C8H10N2O. The van der Waals surface area contributed by atoms with Gasteiger partial charge in [0.1, 0.15) is 0 Å². The van der Waals surface area contributed by atoms with Crippen molar-refractivity contribution >= 4 is 11.6 Å². The van der Waals surface area contributed by atoms with Crippen molar-refractivity contribution in [2.24, 2.45) is 0 Å². The van der Waals surface area contributed by atoms with Crippen LogP contribution in [0.25, 0.3) is 0 Å². The van der Waals surface area contributed by atoms with Crippen molar-refractivity contribution in [3.05, 3.63) is 29.8 Å². The number of carbonyl (C=O) groups excluding carboxylic acids is 1. The molecule has 0 bridgehead atoms. The first-order valence-electron chi connectivity index (χ1n) is 3.88. The van der Waals surface area contributed by atoms with Crippen LogP contribution in [0.1, 0.15) is 11.7 Å². The molecule has 3 N–H and O–H groups in total. The van der Waals surface area contributed by atoms with E-state index in [4.69, 9.17) is 7.10 Å². The fourth-order valence-corrected chi connectivity index (χ4v) is 0.799. The molecule has 0 aliphatic rings. The Bertz CT molecular complexity index is 288. The van der Waals surface area contributed by atoms with Crippen molar-refractivity contribution in [1.82, 2.24) is 5.32 Å². The maximum atomic E-state index is 11.2. The molecule has 0 atom stereocenters. The van der Waals surface area contributed by atoms with Gasteiger partial charge in [-0.15, -0.1) is 0 Å². The van der Waals surface area contributed by atoms with Crippen LogP contribution in [0.15, 0.2) is 24.3 Å². The number of amides is 1. The van der Waals surface area contributed by atoms with Gasteiger partial charge in [0.15, 0.2) is 0 Å². The standard InChI is InChI=1S/C8H10N2O/c1-10-8(11)6-4-2-3-5-7(6)9/h2-5H,9H2,1H3,(H,10,11)/i1D. The van der Waals surface area contributed by atoms with Crippen molar-refractivity contribution in [3.63, 3.8) is 0 Å². The zero-order chi connectivity index (χ0) is 8.97. The summed E-state index contributed by atoms with van der Waals surface area (Å²) in [5.74, 6) is -0.303. The summed E-state index contributed by atoms with van der Waals surface area (Å²) in [5.41, 5.74) is 6.38. The van der Waals surface area contributed by atoms with Crippen molar-refractivity contribution in [2.45, 2.75) is 0 Å². The van der Waals surface area contributed by atoms with Gasteiger partial charge in [-0.1, -0.05) is 12.1 Å². The van der Waals surface area contributed by atoms with Gasteiger partial charge in [-0.05, 0) is 12.1 Å². The van der Waals surface area contributed by atoms with E-state index in [2.05, 4.69) is 5.32 Å². The second kappa shape index (κ2) is 3.05. The number of para-hydroxylation sites is 1. The lowest BCUT2D eigenvalue weighted by Crippen LogP contribution is -2.19. The lowest BCUT2D eigenvalue weighted by molar-refractivity contribution is 0.0964. The molecule has 0 spiro atoms. The number of nitrogens with one attached hydrogen (secondary N) is 1. The first-order chi connectivity index (χ1) is 5.75. The molecule has 58 valence electrons. The Morgan fingerprint density at radius 1 is 1.64 bits per heavy atom. The largest absolute Gasteiger partial charge is 0.398 e. The highest BCUT2D eigenvalue weighted by molar-refractivity contribution is 5.98. The molecule has 1 aromatic rings. The Morgan fingerprint density at radius 2 is 2.36 bits per heavy atom. The molecule has 0 aliphatic carbocycles. The average molecular weight is 151 g/mol. The lowest BCUT2D eigenvalue weighted by atomic mass is 10.2. The number of rotatable bonds is 1. The van der Waals surface area contributed by atoms with Gasteiger partial charge >= 0.3 is 0 Å². The van der Waals surface area contributed by atoms with Gasteiger partial charge in [0.25, 0.3) is 5.91 Å². The Kier molecular flexibility index (Phi) is 1.73. The number of hydrogen-bond acceptors (Lipinski definition) is 2. The van der Waals surface area contributed by atoms with E-state index in [1.54, 1.807) is 24.3 Å². The SMILES string of the molecule is [2H]CNC(=O)c1ccccc1N.